The van der Waals surface area contributed by atoms with Crippen LogP contribution in [0.5, 0.6) is 0 Å². The van der Waals surface area contributed by atoms with Crippen LogP contribution < -0.4 is 5.32 Å². The molecule has 1 unspecified atom stereocenters. The number of hydrogen-bond acceptors (Lipinski definition) is 2. The molecule has 0 saturated carbocycles. The van der Waals surface area contributed by atoms with Crippen LogP contribution in [-0.2, 0) is 4.74 Å². The average Bonchev–Trinajstić information content (AvgIpc) is 2.43. The van der Waals surface area contributed by atoms with Crippen LogP contribution in [0.25, 0.3) is 0 Å². The standard InChI is InChI=1S/C15H15BrFNO/c1-19-10-15(11-5-3-2-4-6-11)18-14-9-12(16)7-8-13(14)17/h2-9,15,18H,10H2,1H3. The zero-order valence-electron chi connectivity index (χ0n) is 10.6. The molecule has 2 rings (SSSR count). The Hall–Kier alpha value is -1.39. The first kappa shape index (κ1) is 14.0. The van der Waals surface area contributed by atoms with Gasteiger partial charge in [0.1, 0.15) is 5.82 Å². The molecule has 0 aliphatic rings. The second-order valence-electron chi connectivity index (χ2n) is 4.19. The van der Waals surface area contributed by atoms with Gasteiger partial charge in [-0.3, -0.25) is 0 Å². The lowest BCUT2D eigenvalue weighted by atomic mass is 10.1. The van der Waals surface area contributed by atoms with Crippen molar-refractivity contribution in [2.45, 2.75) is 6.04 Å². The van der Waals surface area contributed by atoms with E-state index in [0.29, 0.717) is 12.3 Å². The highest BCUT2D eigenvalue weighted by Gasteiger charge is 2.13. The number of benzene rings is 2. The zero-order valence-corrected chi connectivity index (χ0v) is 12.2. The first-order valence-corrected chi connectivity index (χ1v) is 6.75. The summed E-state index contributed by atoms with van der Waals surface area (Å²) in [6.07, 6.45) is 0. The maximum Gasteiger partial charge on any atom is 0.146 e. The molecule has 1 N–H and O–H groups in total. The van der Waals surface area contributed by atoms with Crippen molar-refractivity contribution < 1.29 is 9.13 Å². The van der Waals surface area contributed by atoms with E-state index < -0.39 is 0 Å². The van der Waals surface area contributed by atoms with Gasteiger partial charge in [0.25, 0.3) is 0 Å². The summed E-state index contributed by atoms with van der Waals surface area (Å²) in [5.74, 6) is -0.278. The summed E-state index contributed by atoms with van der Waals surface area (Å²) in [7, 11) is 1.63. The maximum absolute atomic E-state index is 13.8. The van der Waals surface area contributed by atoms with Crippen molar-refractivity contribution in [3.63, 3.8) is 0 Å². The van der Waals surface area contributed by atoms with Crippen LogP contribution in [0.15, 0.2) is 53.0 Å². The molecule has 100 valence electrons. The Kier molecular flexibility index (Phi) is 4.93. The molecule has 0 bridgehead atoms. The van der Waals surface area contributed by atoms with E-state index in [4.69, 9.17) is 4.74 Å². The Bertz CT molecular complexity index is 533. The molecule has 2 aromatic carbocycles. The highest BCUT2D eigenvalue weighted by atomic mass is 79.9. The third kappa shape index (κ3) is 3.78. The van der Waals surface area contributed by atoms with Gasteiger partial charge in [0, 0.05) is 11.6 Å². The normalized spacial score (nSPS) is 12.2. The quantitative estimate of drug-likeness (QED) is 0.881. The number of rotatable bonds is 5. The van der Waals surface area contributed by atoms with E-state index in [2.05, 4.69) is 21.2 Å². The number of anilines is 1. The summed E-state index contributed by atoms with van der Waals surface area (Å²) in [5, 5.41) is 3.18. The fourth-order valence-corrected chi connectivity index (χ4v) is 2.23. The van der Waals surface area contributed by atoms with Gasteiger partial charge in [0.15, 0.2) is 0 Å². The minimum atomic E-state index is -0.278. The topological polar surface area (TPSA) is 21.3 Å². The van der Waals surface area contributed by atoms with E-state index in [0.717, 1.165) is 10.0 Å². The third-order valence-corrected chi connectivity index (χ3v) is 3.29. The first-order valence-electron chi connectivity index (χ1n) is 5.96. The van der Waals surface area contributed by atoms with Crippen LogP contribution in [0.1, 0.15) is 11.6 Å². The van der Waals surface area contributed by atoms with Gasteiger partial charge in [-0.25, -0.2) is 4.39 Å². The van der Waals surface area contributed by atoms with Crippen molar-refractivity contribution in [2.24, 2.45) is 0 Å². The zero-order chi connectivity index (χ0) is 13.7. The first-order chi connectivity index (χ1) is 9.20. The minimum absolute atomic E-state index is 0.0880. The van der Waals surface area contributed by atoms with Gasteiger partial charge >= 0.3 is 0 Å². The van der Waals surface area contributed by atoms with E-state index in [1.54, 1.807) is 19.2 Å². The van der Waals surface area contributed by atoms with E-state index in [9.17, 15) is 4.39 Å². The largest absolute Gasteiger partial charge is 0.382 e. The molecule has 0 aliphatic heterocycles. The van der Waals surface area contributed by atoms with Crippen LogP contribution >= 0.6 is 15.9 Å². The van der Waals surface area contributed by atoms with Crippen molar-refractivity contribution >= 4 is 21.6 Å². The molecule has 0 amide bonds. The van der Waals surface area contributed by atoms with E-state index in [-0.39, 0.29) is 11.9 Å². The Morgan fingerprint density at radius 2 is 1.95 bits per heavy atom. The number of halogens is 2. The molecular weight excluding hydrogens is 309 g/mol. The van der Waals surface area contributed by atoms with Crippen LogP contribution in [0.2, 0.25) is 0 Å². The molecule has 2 aromatic rings. The Morgan fingerprint density at radius 3 is 2.63 bits per heavy atom. The van der Waals surface area contributed by atoms with Crippen LogP contribution in [0.3, 0.4) is 0 Å². The summed E-state index contributed by atoms with van der Waals surface area (Å²) in [6, 6.07) is 14.6. The molecule has 0 radical (unpaired) electrons. The van der Waals surface area contributed by atoms with Gasteiger partial charge in [0.05, 0.1) is 18.3 Å². The molecule has 0 aromatic heterocycles. The Labute approximate surface area is 120 Å². The highest BCUT2D eigenvalue weighted by molar-refractivity contribution is 9.10. The van der Waals surface area contributed by atoms with Crippen molar-refractivity contribution in [3.8, 4) is 0 Å². The summed E-state index contributed by atoms with van der Waals surface area (Å²) in [5.41, 5.74) is 1.52. The molecule has 1 atom stereocenters. The fourth-order valence-electron chi connectivity index (χ4n) is 1.87. The van der Waals surface area contributed by atoms with Gasteiger partial charge in [-0.15, -0.1) is 0 Å². The van der Waals surface area contributed by atoms with Crippen LogP contribution in [0.4, 0.5) is 10.1 Å². The van der Waals surface area contributed by atoms with Gasteiger partial charge in [-0.1, -0.05) is 46.3 Å². The number of methoxy groups -OCH3 is 1. The fraction of sp³-hybridized carbons (Fsp3) is 0.200. The maximum atomic E-state index is 13.8. The molecule has 0 fully saturated rings. The second-order valence-corrected chi connectivity index (χ2v) is 5.10. The van der Waals surface area contributed by atoms with Crippen molar-refractivity contribution in [2.75, 3.05) is 19.0 Å². The van der Waals surface area contributed by atoms with E-state index >= 15 is 0 Å². The highest BCUT2D eigenvalue weighted by Crippen LogP contribution is 2.25. The minimum Gasteiger partial charge on any atom is -0.382 e. The third-order valence-electron chi connectivity index (χ3n) is 2.79. The monoisotopic (exact) mass is 323 g/mol. The molecule has 2 nitrogen and oxygen atoms in total. The lowest BCUT2D eigenvalue weighted by molar-refractivity contribution is 0.186. The lowest BCUT2D eigenvalue weighted by Crippen LogP contribution is -2.17. The molecule has 4 heteroatoms. The van der Waals surface area contributed by atoms with Crippen molar-refractivity contribution in [1.29, 1.82) is 0 Å². The van der Waals surface area contributed by atoms with E-state index in [1.165, 1.54) is 6.07 Å². The van der Waals surface area contributed by atoms with E-state index in [1.807, 2.05) is 30.3 Å². The SMILES string of the molecule is COCC(Nc1cc(Br)ccc1F)c1ccccc1. The predicted octanol–water partition coefficient (Wildman–Crippen LogP) is 4.39. The summed E-state index contributed by atoms with van der Waals surface area (Å²) in [6.45, 7) is 0.468. The molecule has 0 aliphatic carbocycles. The molecule has 19 heavy (non-hydrogen) atoms. The molecular formula is C15H15BrFNO. The summed E-state index contributed by atoms with van der Waals surface area (Å²) < 4.78 is 19.8. The molecule has 0 spiro atoms. The number of nitrogens with one attached hydrogen (secondary N) is 1. The average molecular weight is 324 g/mol. The Balaban J connectivity index is 2.24. The number of hydrogen-bond donors (Lipinski definition) is 1. The van der Waals surface area contributed by atoms with Gasteiger partial charge in [0.2, 0.25) is 0 Å². The van der Waals surface area contributed by atoms with Crippen molar-refractivity contribution in [3.05, 3.63) is 64.4 Å². The van der Waals surface area contributed by atoms with Crippen LogP contribution in [0, 0.1) is 5.82 Å². The molecule has 0 saturated heterocycles. The van der Waals surface area contributed by atoms with Crippen molar-refractivity contribution in [1.82, 2.24) is 0 Å². The number of ether oxygens (including phenoxy) is 1. The smallest absolute Gasteiger partial charge is 0.146 e. The lowest BCUT2D eigenvalue weighted by Gasteiger charge is -2.20. The summed E-state index contributed by atoms with van der Waals surface area (Å²) >= 11 is 3.34. The summed E-state index contributed by atoms with van der Waals surface area (Å²) in [4.78, 5) is 0. The second kappa shape index (κ2) is 6.68. The van der Waals surface area contributed by atoms with Gasteiger partial charge in [-0.2, -0.15) is 0 Å². The predicted molar refractivity (Wildman–Crippen MR) is 78.8 cm³/mol. The van der Waals surface area contributed by atoms with Gasteiger partial charge in [-0.05, 0) is 23.8 Å². The van der Waals surface area contributed by atoms with Gasteiger partial charge < -0.3 is 10.1 Å². The molecule has 0 heterocycles. The Morgan fingerprint density at radius 1 is 1.21 bits per heavy atom. The van der Waals surface area contributed by atoms with Crippen LogP contribution in [-0.4, -0.2) is 13.7 Å².